The molecule has 0 spiro atoms. The Bertz CT molecular complexity index is 296. The summed E-state index contributed by atoms with van der Waals surface area (Å²) in [6.07, 6.45) is 10.8. The van der Waals surface area contributed by atoms with E-state index < -0.39 is 0 Å². The Morgan fingerprint density at radius 3 is 2.40 bits per heavy atom. The van der Waals surface area contributed by atoms with Gasteiger partial charge in [0.1, 0.15) is 6.61 Å². The molecule has 5 nitrogen and oxygen atoms in total. The van der Waals surface area contributed by atoms with E-state index in [0.717, 1.165) is 38.6 Å². The molecule has 0 aromatic rings. The largest absolute Gasteiger partial charge is 0.428 e. The molecule has 2 unspecified atom stereocenters. The Morgan fingerprint density at radius 2 is 1.80 bits per heavy atom. The van der Waals surface area contributed by atoms with E-state index in [1.807, 2.05) is 6.92 Å². The number of hydrogen-bond donors (Lipinski definition) is 1. The third kappa shape index (κ3) is 10.5. The molecule has 0 radical (unpaired) electrons. The molecule has 0 bridgehead atoms. The van der Waals surface area contributed by atoms with Gasteiger partial charge in [-0.15, -0.1) is 0 Å². The SMILES string of the molecule is CCCC(CCCNC(CC)OC#N)CCCOC#N. The topological polar surface area (TPSA) is 78.1 Å². The first-order valence-corrected chi connectivity index (χ1v) is 7.57. The van der Waals surface area contributed by atoms with Gasteiger partial charge in [0.25, 0.3) is 12.5 Å². The number of ether oxygens (including phenoxy) is 2. The molecule has 20 heavy (non-hydrogen) atoms. The molecule has 0 rings (SSSR count). The van der Waals surface area contributed by atoms with E-state index in [1.54, 1.807) is 12.5 Å². The van der Waals surface area contributed by atoms with Crippen molar-refractivity contribution in [3.05, 3.63) is 0 Å². The van der Waals surface area contributed by atoms with Crippen LogP contribution < -0.4 is 5.32 Å². The van der Waals surface area contributed by atoms with E-state index in [2.05, 4.69) is 12.2 Å². The van der Waals surface area contributed by atoms with E-state index in [9.17, 15) is 0 Å². The molecule has 0 aliphatic rings. The number of rotatable bonds is 13. The lowest BCUT2D eigenvalue weighted by Crippen LogP contribution is -2.30. The fraction of sp³-hybridized carbons (Fsp3) is 0.867. The minimum Gasteiger partial charge on any atom is -0.428 e. The fourth-order valence-electron chi connectivity index (χ4n) is 2.32. The molecule has 1 N–H and O–H groups in total. The van der Waals surface area contributed by atoms with Crippen LogP contribution in [0.15, 0.2) is 0 Å². The highest BCUT2D eigenvalue weighted by Gasteiger charge is 2.09. The smallest absolute Gasteiger partial charge is 0.287 e. The van der Waals surface area contributed by atoms with Gasteiger partial charge in [-0.1, -0.05) is 26.7 Å². The van der Waals surface area contributed by atoms with E-state index in [1.165, 1.54) is 12.8 Å². The van der Waals surface area contributed by atoms with Crippen LogP contribution in [0.4, 0.5) is 0 Å². The van der Waals surface area contributed by atoms with Crippen LogP contribution in [0.25, 0.3) is 0 Å². The Morgan fingerprint density at radius 1 is 1.05 bits per heavy atom. The van der Waals surface area contributed by atoms with Gasteiger partial charge < -0.3 is 9.47 Å². The summed E-state index contributed by atoms with van der Waals surface area (Å²) in [5.41, 5.74) is 0. The molecule has 0 amide bonds. The van der Waals surface area contributed by atoms with Crippen molar-refractivity contribution in [2.45, 2.75) is 65.0 Å². The van der Waals surface area contributed by atoms with Crippen molar-refractivity contribution in [3.63, 3.8) is 0 Å². The lowest BCUT2D eigenvalue weighted by atomic mass is 9.93. The first kappa shape index (κ1) is 18.5. The van der Waals surface area contributed by atoms with Crippen LogP contribution in [-0.4, -0.2) is 19.4 Å². The molecule has 0 aliphatic heterocycles. The molecule has 0 aromatic heterocycles. The van der Waals surface area contributed by atoms with E-state index in [0.29, 0.717) is 12.5 Å². The lowest BCUT2D eigenvalue weighted by molar-refractivity contribution is 0.121. The quantitative estimate of drug-likeness (QED) is 0.318. The molecular weight excluding hydrogens is 254 g/mol. The molecular formula is C15H27N3O2. The minimum atomic E-state index is -0.159. The lowest BCUT2D eigenvalue weighted by Gasteiger charge is -2.17. The zero-order valence-corrected chi connectivity index (χ0v) is 12.7. The van der Waals surface area contributed by atoms with Crippen molar-refractivity contribution >= 4 is 0 Å². The molecule has 0 fully saturated rings. The fourth-order valence-corrected chi connectivity index (χ4v) is 2.32. The molecule has 0 heterocycles. The van der Waals surface area contributed by atoms with Crippen molar-refractivity contribution in [1.29, 1.82) is 10.5 Å². The van der Waals surface area contributed by atoms with Crippen LogP contribution in [-0.2, 0) is 9.47 Å². The van der Waals surface area contributed by atoms with Gasteiger partial charge in [-0.25, -0.2) is 0 Å². The van der Waals surface area contributed by atoms with Crippen LogP contribution in [0, 0.1) is 29.0 Å². The number of nitriles is 2. The monoisotopic (exact) mass is 281 g/mol. The molecule has 0 saturated carbocycles. The number of nitrogens with zero attached hydrogens (tertiary/aromatic N) is 2. The summed E-state index contributed by atoms with van der Waals surface area (Å²) in [5, 5.41) is 20.0. The van der Waals surface area contributed by atoms with Crippen LogP contribution in [0.2, 0.25) is 0 Å². The predicted octanol–water partition coefficient (Wildman–Crippen LogP) is 3.28. The van der Waals surface area contributed by atoms with E-state index in [4.69, 9.17) is 20.0 Å². The summed E-state index contributed by atoms with van der Waals surface area (Å²) < 4.78 is 9.59. The summed E-state index contributed by atoms with van der Waals surface area (Å²) in [6, 6.07) is 0. The average Bonchev–Trinajstić information content (AvgIpc) is 2.46. The first-order valence-electron chi connectivity index (χ1n) is 7.57. The molecule has 114 valence electrons. The van der Waals surface area contributed by atoms with Gasteiger partial charge in [0.05, 0.1) is 0 Å². The Balaban J connectivity index is 3.74. The van der Waals surface area contributed by atoms with Gasteiger partial charge in [-0.3, -0.25) is 5.32 Å². The van der Waals surface area contributed by atoms with Gasteiger partial charge in [0, 0.05) is 0 Å². The van der Waals surface area contributed by atoms with Crippen LogP contribution in [0.3, 0.4) is 0 Å². The summed E-state index contributed by atoms with van der Waals surface area (Å²) in [7, 11) is 0. The Hall–Kier alpha value is -1.46. The average molecular weight is 281 g/mol. The van der Waals surface area contributed by atoms with Crippen molar-refractivity contribution in [3.8, 4) is 12.5 Å². The molecule has 0 aliphatic carbocycles. The van der Waals surface area contributed by atoms with Gasteiger partial charge in [-0.2, -0.15) is 10.5 Å². The van der Waals surface area contributed by atoms with Crippen LogP contribution in [0.1, 0.15) is 58.8 Å². The normalized spacial score (nSPS) is 13.0. The van der Waals surface area contributed by atoms with E-state index in [-0.39, 0.29) is 6.23 Å². The highest BCUT2D eigenvalue weighted by molar-refractivity contribution is 4.64. The predicted molar refractivity (Wildman–Crippen MR) is 77.2 cm³/mol. The second-order valence-corrected chi connectivity index (χ2v) is 4.94. The van der Waals surface area contributed by atoms with Crippen LogP contribution >= 0.6 is 0 Å². The molecule has 5 heteroatoms. The van der Waals surface area contributed by atoms with Crippen molar-refractivity contribution < 1.29 is 9.47 Å². The third-order valence-electron chi connectivity index (χ3n) is 3.35. The third-order valence-corrected chi connectivity index (χ3v) is 3.35. The summed E-state index contributed by atoms with van der Waals surface area (Å²) in [5.74, 6) is 0.695. The van der Waals surface area contributed by atoms with Gasteiger partial charge >= 0.3 is 0 Å². The van der Waals surface area contributed by atoms with Gasteiger partial charge in [-0.05, 0) is 44.6 Å². The second-order valence-electron chi connectivity index (χ2n) is 4.94. The molecule has 0 aromatic carbocycles. The van der Waals surface area contributed by atoms with Crippen molar-refractivity contribution in [1.82, 2.24) is 5.32 Å². The molecule has 2 atom stereocenters. The highest BCUT2D eigenvalue weighted by atomic mass is 16.5. The summed E-state index contributed by atoms with van der Waals surface area (Å²) >= 11 is 0. The maximum absolute atomic E-state index is 8.48. The van der Waals surface area contributed by atoms with Gasteiger partial charge in [0.2, 0.25) is 0 Å². The first-order chi connectivity index (χ1) is 9.78. The van der Waals surface area contributed by atoms with Crippen LogP contribution in [0.5, 0.6) is 0 Å². The zero-order chi connectivity index (χ0) is 15.1. The second kappa shape index (κ2) is 14.0. The van der Waals surface area contributed by atoms with Crippen molar-refractivity contribution in [2.75, 3.05) is 13.2 Å². The maximum Gasteiger partial charge on any atom is 0.287 e. The number of hydrogen-bond acceptors (Lipinski definition) is 5. The van der Waals surface area contributed by atoms with E-state index >= 15 is 0 Å². The minimum absolute atomic E-state index is 0.159. The summed E-state index contributed by atoms with van der Waals surface area (Å²) in [4.78, 5) is 0. The Kier molecular flexibility index (Phi) is 12.9. The number of nitrogens with one attached hydrogen (secondary N) is 1. The standard InChI is InChI=1S/C15H27N3O2/c1-3-7-14(9-6-11-19-12-16)8-5-10-18-15(4-2)20-13-17/h14-15,18H,3-11H2,1-2H3. The van der Waals surface area contributed by atoms with Gasteiger partial charge in [0.15, 0.2) is 6.23 Å². The molecule has 0 saturated heterocycles. The highest BCUT2D eigenvalue weighted by Crippen LogP contribution is 2.19. The Labute approximate surface area is 122 Å². The van der Waals surface area contributed by atoms with Crippen molar-refractivity contribution in [2.24, 2.45) is 5.92 Å². The summed E-state index contributed by atoms with van der Waals surface area (Å²) in [6.45, 7) is 5.59. The maximum atomic E-state index is 8.48. The zero-order valence-electron chi connectivity index (χ0n) is 12.7.